The summed E-state index contributed by atoms with van der Waals surface area (Å²) in [4.78, 5) is 0. The SMILES string of the molecule is C[C@@H]([C]1[CH][CH][CH][C]1P(c1ccccc1)c1ccccc1)P(C1CCCCC1)C1CCCCC1.[CH]1[CH][CH][CH][CH]1.[Cu][Br].[Fe+2]. The summed E-state index contributed by atoms with van der Waals surface area (Å²) in [7, 11) is -0.489. The van der Waals surface area contributed by atoms with Crippen LogP contribution in [0.3, 0.4) is 0 Å². The molecule has 0 amide bonds. The summed E-state index contributed by atoms with van der Waals surface area (Å²) in [6.45, 7) is 2.62. The van der Waals surface area contributed by atoms with Crippen LogP contribution < -0.4 is 10.6 Å². The van der Waals surface area contributed by atoms with E-state index in [1.807, 2.05) is 32.1 Å². The standard InChI is InChI=1S/C31H39P2.C5H5.BrH.Cu.Fe/c1-25(32(26-15-6-2-7-16-26)27-17-8-3-9-18-27)30-23-14-24-31(30)33(28-19-10-4-11-20-28)29-21-12-5-13-22-29;1-2-4-5-3-1;;;/h4-5,10-14,19-27H,2-3,6-9,15-18H2,1H3;1-5H;1H;;/q;;;+1;+2/p-1/t25-;;;;/m0..../s1. The number of benzene rings is 2. The minimum Gasteiger partial charge on any atom is 2.00 e. The number of hydrogen-bond donors (Lipinski definition) is 0. The number of hydrogen-bond acceptors (Lipinski definition) is 0. The molecule has 0 nitrogen and oxygen atoms in total. The van der Waals surface area contributed by atoms with E-state index < -0.39 is 7.92 Å². The van der Waals surface area contributed by atoms with Gasteiger partial charge in [0.05, 0.1) is 0 Å². The molecule has 0 saturated heterocycles. The summed E-state index contributed by atoms with van der Waals surface area (Å²) in [5.74, 6) is 1.68. The summed E-state index contributed by atoms with van der Waals surface area (Å²) in [5.41, 5.74) is 4.33. The second-order valence-corrected chi connectivity index (χ2v) is 16.4. The minimum absolute atomic E-state index is 0. The van der Waals surface area contributed by atoms with E-state index in [9.17, 15) is 0 Å². The van der Waals surface area contributed by atoms with Crippen molar-refractivity contribution < 1.29 is 31.3 Å². The van der Waals surface area contributed by atoms with Crippen LogP contribution in [0.2, 0.25) is 0 Å². The van der Waals surface area contributed by atoms with Gasteiger partial charge >= 0.3 is 45.4 Å². The Labute approximate surface area is 281 Å². The van der Waals surface area contributed by atoms with Crippen LogP contribution in [0.5, 0.6) is 0 Å². The van der Waals surface area contributed by atoms with Crippen LogP contribution in [-0.2, 0) is 31.3 Å². The molecule has 0 aromatic heterocycles. The van der Waals surface area contributed by atoms with E-state index in [2.05, 4.69) is 115 Å². The Hall–Kier alpha value is 0.819. The molecule has 0 N–H and O–H groups in total. The predicted molar refractivity (Wildman–Crippen MR) is 179 cm³/mol. The van der Waals surface area contributed by atoms with Crippen LogP contribution in [0.15, 0.2) is 60.7 Å². The smallest absolute Gasteiger partial charge is 2.00 e. The summed E-state index contributed by atoms with van der Waals surface area (Å²) in [6, 6.07) is 22.6. The Morgan fingerprint density at radius 3 is 1.44 bits per heavy atom. The van der Waals surface area contributed by atoms with Crippen molar-refractivity contribution in [1.29, 1.82) is 0 Å². The Balaban J connectivity index is 0.000000515. The van der Waals surface area contributed by atoms with Gasteiger partial charge in [-0.1, -0.05) is 114 Å². The van der Waals surface area contributed by atoms with Gasteiger partial charge in [0.15, 0.2) is 0 Å². The van der Waals surface area contributed by atoms with Crippen molar-refractivity contribution in [3.63, 3.8) is 0 Å². The van der Waals surface area contributed by atoms with Gasteiger partial charge in [0, 0.05) is 5.66 Å². The molecule has 2 aromatic carbocycles. The van der Waals surface area contributed by atoms with E-state index >= 15 is 0 Å². The van der Waals surface area contributed by atoms with Gasteiger partial charge in [-0.25, -0.2) is 0 Å². The average Bonchev–Trinajstić information content (AvgIpc) is 3.77. The van der Waals surface area contributed by atoms with Crippen molar-refractivity contribution in [1.82, 2.24) is 0 Å². The van der Waals surface area contributed by atoms with Crippen LogP contribution in [0.1, 0.15) is 71.1 Å². The fourth-order valence-electron chi connectivity index (χ4n) is 6.73. The van der Waals surface area contributed by atoms with E-state index in [0.717, 1.165) is 11.3 Å². The molecule has 41 heavy (non-hydrogen) atoms. The molecule has 2 aromatic rings. The van der Waals surface area contributed by atoms with Crippen molar-refractivity contribution in [2.45, 2.75) is 88.1 Å². The van der Waals surface area contributed by atoms with E-state index in [0.29, 0.717) is 5.66 Å². The fourth-order valence-corrected chi connectivity index (χ4v) is 13.7. The van der Waals surface area contributed by atoms with Crippen LogP contribution in [-0.4, -0.2) is 17.0 Å². The van der Waals surface area contributed by atoms with Crippen molar-refractivity contribution in [2.24, 2.45) is 0 Å². The molecule has 6 rings (SSSR count). The van der Waals surface area contributed by atoms with Gasteiger partial charge in [-0.15, -0.1) is 0 Å². The predicted octanol–water partition coefficient (Wildman–Crippen LogP) is 10.3. The maximum absolute atomic E-state index is 4.00. The summed E-state index contributed by atoms with van der Waals surface area (Å²) in [5, 5.41) is 2.97. The van der Waals surface area contributed by atoms with E-state index in [1.54, 1.807) is 11.6 Å². The van der Waals surface area contributed by atoms with Gasteiger partial charge in [-0.2, -0.15) is 0 Å². The molecule has 4 fully saturated rings. The molecule has 1 atom stereocenters. The molecule has 4 saturated carbocycles. The Morgan fingerprint density at radius 2 is 1.02 bits per heavy atom. The quantitative estimate of drug-likeness (QED) is 0.196. The second-order valence-electron chi connectivity index (χ2n) is 11.0. The first-order valence-corrected chi connectivity index (χ1v) is 20.3. The van der Waals surface area contributed by atoms with Crippen molar-refractivity contribution in [3.05, 3.63) is 124 Å². The molecule has 10 radical (unpaired) electrons. The van der Waals surface area contributed by atoms with Crippen molar-refractivity contribution in [3.8, 4) is 0 Å². The van der Waals surface area contributed by atoms with Gasteiger partial charge < -0.3 is 0 Å². The maximum atomic E-state index is 4.00. The van der Waals surface area contributed by atoms with E-state index in [1.165, 1.54) is 74.8 Å². The van der Waals surface area contributed by atoms with Gasteiger partial charge in [0.2, 0.25) is 0 Å². The van der Waals surface area contributed by atoms with Crippen LogP contribution >= 0.6 is 30.0 Å². The van der Waals surface area contributed by atoms with Crippen LogP contribution in [0.25, 0.3) is 0 Å². The summed E-state index contributed by atoms with van der Waals surface area (Å²) >= 11 is 6.50. The van der Waals surface area contributed by atoms with Gasteiger partial charge in [0.1, 0.15) is 0 Å². The molecule has 222 valence electrons. The minimum atomic E-state index is -0.511. The monoisotopic (exact) mass is 736 g/mol. The van der Waals surface area contributed by atoms with E-state index in [4.69, 9.17) is 0 Å². The normalized spacial score (nSPS) is 21.5. The Morgan fingerprint density at radius 1 is 0.610 bits per heavy atom. The zero-order valence-electron chi connectivity index (χ0n) is 24.1. The molecule has 4 aliphatic rings. The Bertz CT molecular complexity index is 851. The molecule has 4 aliphatic carbocycles. The molecular formula is C36H44BrCuFeP2+2. The first kappa shape index (κ1) is 36.3. The molecule has 0 heterocycles. The summed E-state index contributed by atoms with van der Waals surface area (Å²) < 4.78 is 0. The van der Waals surface area contributed by atoms with Crippen molar-refractivity contribution in [2.75, 3.05) is 0 Å². The third kappa shape index (κ3) is 10.7. The molecule has 5 heteroatoms. The van der Waals surface area contributed by atoms with Crippen LogP contribution in [0.4, 0.5) is 0 Å². The van der Waals surface area contributed by atoms with E-state index in [-0.39, 0.29) is 25.0 Å². The van der Waals surface area contributed by atoms with Gasteiger partial charge in [-0.05, 0) is 118 Å². The second kappa shape index (κ2) is 20.8. The van der Waals surface area contributed by atoms with Crippen molar-refractivity contribution >= 4 is 40.6 Å². The molecule has 0 unspecified atom stereocenters. The number of rotatable bonds is 7. The Kier molecular flexibility index (Phi) is 18.4. The number of halogens is 1. The zero-order chi connectivity index (χ0) is 28.0. The fraction of sp³-hybridized carbons (Fsp3) is 0.389. The topological polar surface area (TPSA) is 0 Å². The largest absolute Gasteiger partial charge is 2.00 e. The third-order valence-electron chi connectivity index (χ3n) is 8.54. The van der Waals surface area contributed by atoms with Crippen LogP contribution in [0, 0.1) is 62.9 Å². The van der Waals surface area contributed by atoms with Gasteiger partial charge in [-0.3, -0.25) is 0 Å². The maximum Gasteiger partial charge on any atom is 2.00 e. The molecular weight excluding hydrogens is 694 g/mol. The first-order chi connectivity index (χ1) is 19.8. The molecule has 0 bridgehead atoms. The first-order valence-electron chi connectivity index (χ1n) is 15.0. The molecule has 0 aliphatic heterocycles. The summed E-state index contributed by atoms with van der Waals surface area (Å²) in [6.07, 6.45) is 32.1. The van der Waals surface area contributed by atoms with Gasteiger partial charge in [0.25, 0.3) is 0 Å². The zero-order valence-corrected chi connectivity index (χ0v) is 29.5. The molecule has 0 spiro atoms. The third-order valence-corrected chi connectivity index (χ3v) is 15.0. The average molecular weight is 738 g/mol.